The second-order valence-electron chi connectivity index (χ2n) is 6.91. The lowest BCUT2D eigenvalue weighted by Crippen LogP contribution is -2.33. The van der Waals surface area contributed by atoms with Gasteiger partial charge in [0.1, 0.15) is 17.3 Å². The van der Waals surface area contributed by atoms with Crippen LogP contribution in [0.5, 0.6) is 0 Å². The van der Waals surface area contributed by atoms with E-state index in [1.807, 2.05) is 0 Å². The van der Waals surface area contributed by atoms with Crippen molar-refractivity contribution in [3.63, 3.8) is 0 Å². The van der Waals surface area contributed by atoms with Gasteiger partial charge in [-0.05, 0) is 43.9 Å². The van der Waals surface area contributed by atoms with Gasteiger partial charge in [-0.1, -0.05) is 6.07 Å². The molecule has 2 heterocycles. The molecule has 1 aliphatic rings. The standard InChI is InChI=1S/C18H21F2N3O3S/c1-12-9-17(22-21-12)18(24)23(7-5-13-6-8-27(25,26)11-13)10-14-15(19)3-2-4-16(14)20/h2-4,9,13H,5-8,10-11H2,1H3,(H,21,22). The van der Waals surface area contributed by atoms with Gasteiger partial charge in [-0.2, -0.15) is 5.10 Å². The van der Waals surface area contributed by atoms with Crippen molar-refractivity contribution in [2.45, 2.75) is 26.3 Å². The summed E-state index contributed by atoms with van der Waals surface area (Å²) < 4.78 is 51.4. The number of benzene rings is 1. The molecule has 1 saturated heterocycles. The van der Waals surface area contributed by atoms with Crippen LogP contribution in [0.2, 0.25) is 0 Å². The maximum Gasteiger partial charge on any atom is 0.272 e. The minimum atomic E-state index is -3.02. The number of H-pyrrole nitrogens is 1. The Hall–Kier alpha value is -2.29. The molecule has 1 unspecified atom stereocenters. The summed E-state index contributed by atoms with van der Waals surface area (Å²) in [5.41, 5.74) is 0.654. The minimum absolute atomic E-state index is 0.0562. The van der Waals surface area contributed by atoms with Crippen LogP contribution < -0.4 is 0 Å². The van der Waals surface area contributed by atoms with Gasteiger partial charge in [-0.3, -0.25) is 9.89 Å². The van der Waals surface area contributed by atoms with Crippen molar-refractivity contribution in [1.29, 1.82) is 0 Å². The number of aromatic nitrogens is 2. The fourth-order valence-electron chi connectivity index (χ4n) is 3.27. The average Bonchev–Trinajstić information content (AvgIpc) is 3.18. The predicted octanol–water partition coefficient (Wildman–Crippen LogP) is 2.46. The first-order valence-corrected chi connectivity index (χ1v) is 10.5. The van der Waals surface area contributed by atoms with E-state index in [0.717, 1.165) is 12.1 Å². The number of aromatic amines is 1. The summed E-state index contributed by atoms with van der Waals surface area (Å²) in [5.74, 6) is -1.70. The number of aryl methyl sites for hydroxylation is 1. The summed E-state index contributed by atoms with van der Waals surface area (Å²) in [6.07, 6.45) is 0.996. The highest BCUT2D eigenvalue weighted by Crippen LogP contribution is 2.23. The molecule has 6 nitrogen and oxygen atoms in total. The maximum absolute atomic E-state index is 14.0. The Labute approximate surface area is 156 Å². The summed E-state index contributed by atoms with van der Waals surface area (Å²) in [6, 6.07) is 5.12. The maximum atomic E-state index is 14.0. The lowest BCUT2D eigenvalue weighted by atomic mass is 10.0. The van der Waals surface area contributed by atoms with Gasteiger partial charge >= 0.3 is 0 Å². The molecule has 1 atom stereocenters. The molecule has 2 aromatic rings. The molecular formula is C18H21F2N3O3S. The van der Waals surface area contributed by atoms with Crippen LogP contribution in [0, 0.1) is 24.5 Å². The fourth-order valence-corrected chi connectivity index (χ4v) is 5.18. The third kappa shape index (κ3) is 4.71. The van der Waals surface area contributed by atoms with E-state index in [-0.39, 0.29) is 41.8 Å². The zero-order valence-electron chi connectivity index (χ0n) is 14.9. The van der Waals surface area contributed by atoms with Gasteiger partial charge in [0.05, 0.1) is 23.7 Å². The predicted molar refractivity (Wildman–Crippen MR) is 95.8 cm³/mol. The molecule has 0 aliphatic carbocycles. The van der Waals surface area contributed by atoms with Crippen LogP contribution >= 0.6 is 0 Å². The van der Waals surface area contributed by atoms with E-state index < -0.39 is 27.4 Å². The number of nitrogens with zero attached hydrogens (tertiary/aromatic N) is 2. The molecule has 1 aliphatic heterocycles. The van der Waals surface area contributed by atoms with Gasteiger partial charge in [0.25, 0.3) is 5.91 Å². The van der Waals surface area contributed by atoms with Gasteiger partial charge in [0, 0.05) is 12.1 Å². The Balaban J connectivity index is 1.79. The van der Waals surface area contributed by atoms with Gasteiger partial charge < -0.3 is 4.90 Å². The van der Waals surface area contributed by atoms with E-state index in [0.29, 0.717) is 18.5 Å². The lowest BCUT2D eigenvalue weighted by molar-refractivity contribution is 0.0725. The molecule has 9 heteroatoms. The molecular weight excluding hydrogens is 376 g/mol. The number of halogens is 2. The topological polar surface area (TPSA) is 83.1 Å². The monoisotopic (exact) mass is 397 g/mol. The highest BCUT2D eigenvalue weighted by molar-refractivity contribution is 7.91. The number of carbonyl (C=O) groups is 1. The van der Waals surface area contributed by atoms with Crippen molar-refractivity contribution in [3.8, 4) is 0 Å². The highest BCUT2D eigenvalue weighted by atomic mass is 32.2. The minimum Gasteiger partial charge on any atom is -0.333 e. The number of carbonyl (C=O) groups excluding carboxylic acids is 1. The number of amides is 1. The largest absolute Gasteiger partial charge is 0.333 e. The molecule has 0 saturated carbocycles. The fraction of sp³-hybridized carbons (Fsp3) is 0.444. The molecule has 1 aromatic heterocycles. The van der Waals surface area contributed by atoms with E-state index in [4.69, 9.17) is 0 Å². The first-order valence-electron chi connectivity index (χ1n) is 8.70. The first-order chi connectivity index (χ1) is 12.7. The second-order valence-corrected chi connectivity index (χ2v) is 9.14. The van der Waals surface area contributed by atoms with Crippen molar-refractivity contribution < 1.29 is 22.0 Å². The molecule has 146 valence electrons. The summed E-state index contributed by atoms with van der Waals surface area (Å²) in [7, 11) is -3.02. The van der Waals surface area contributed by atoms with Crippen LogP contribution in [0.3, 0.4) is 0 Å². The van der Waals surface area contributed by atoms with E-state index >= 15 is 0 Å². The van der Waals surface area contributed by atoms with Crippen LogP contribution in [0.15, 0.2) is 24.3 Å². The summed E-state index contributed by atoms with van der Waals surface area (Å²) in [4.78, 5) is 14.1. The third-order valence-corrected chi connectivity index (χ3v) is 6.61. The summed E-state index contributed by atoms with van der Waals surface area (Å²) in [5, 5.41) is 6.54. The summed E-state index contributed by atoms with van der Waals surface area (Å²) >= 11 is 0. The van der Waals surface area contributed by atoms with E-state index in [1.54, 1.807) is 13.0 Å². The van der Waals surface area contributed by atoms with Crippen LogP contribution in [-0.2, 0) is 16.4 Å². The molecule has 1 amide bonds. The van der Waals surface area contributed by atoms with Gasteiger partial charge in [0.2, 0.25) is 0 Å². The molecule has 0 spiro atoms. The quantitative estimate of drug-likeness (QED) is 0.812. The Morgan fingerprint density at radius 1 is 1.33 bits per heavy atom. The Bertz CT molecular complexity index is 923. The second kappa shape index (κ2) is 7.75. The van der Waals surface area contributed by atoms with Gasteiger partial charge in [-0.15, -0.1) is 0 Å². The molecule has 0 bridgehead atoms. The Kier molecular flexibility index (Phi) is 5.59. The number of hydrogen-bond donors (Lipinski definition) is 1. The van der Waals surface area contributed by atoms with Gasteiger partial charge in [0.15, 0.2) is 9.84 Å². The van der Waals surface area contributed by atoms with E-state index in [9.17, 15) is 22.0 Å². The molecule has 3 rings (SSSR count). The van der Waals surface area contributed by atoms with Crippen LogP contribution in [0.4, 0.5) is 8.78 Å². The Morgan fingerprint density at radius 3 is 2.59 bits per heavy atom. The average molecular weight is 397 g/mol. The zero-order chi connectivity index (χ0) is 19.6. The van der Waals surface area contributed by atoms with Crippen molar-refractivity contribution in [2.24, 2.45) is 5.92 Å². The van der Waals surface area contributed by atoms with Crippen molar-refractivity contribution in [3.05, 3.63) is 52.9 Å². The van der Waals surface area contributed by atoms with Crippen molar-refractivity contribution in [1.82, 2.24) is 15.1 Å². The number of sulfone groups is 1. The van der Waals surface area contributed by atoms with E-state index in [2.05, 4.69) is 10.2 Å². The Morgan fingerprint density at radius 2 is 2.04 bits per heavy atom. The number of hydrogen-bond acceptors (Lipinski definition) is 4. The van der Waals surface area contributed by atoms with Gasteiger partial charge in [-0.25, -0.2) is 17.2 Å². The number of nitrogens with one attached hydrogen (secondary N) is 1. The number of rotatable bonds is 6. The zero-order valence-corrected chi connectivity index (χ0v) is 15.7. The molecule has 1 N–H and O–H groups in total. The molecule has 1 fully saturated rings. The van der Waals surface area contributed by atoms with E-state index in [1.165, 1.54) is 11.0 Å². The smallest absolute Gasteiger partial charge is 0.272 e. The molecule has 1 aromatic carbocycles. The first kappa shape index (κ1) is 19.5. The van der Waals surface area contributed by atoms with Crippen LogP contribution in [0.25, 0.3) is 0 Å². The summed E-state index contributed by atoms with van der Waals surface area (Å²) in [6.45, 7) is 1.68. The molecule has 0 radical (unpaired) electrons. The lowest BCUT2D eigenvalue weighted by Gasteiger charge is -2.24. The normalized spacial score (nSPS) is 18.6. The van der Waals surface area contributed by atoms with Crippen molar-refractivity contribution in [2.75, 3.05) is 18.1 Å². The SMILES string of the molecule is Cc1cc(C(=O)N(CCC2CCS(=O)(=O)C2)Cc2c(F)cccc2F)[nH]n1. The van der Waals surface area contributed by atoms with Crippen LogP contribution in [0.1, 0.15) is 34.6 Å². The highest BCUT2D eigenvalue weighted by Gasteiger charge is 2.29. The molecule has 27 heavy (non-hydrogen) atoms. The van der Waals surface area contributed by atoms with Crippen molar-refractivity contribution >= 4 is 15.7 Å². The van der Waals surface area contributed by atoms with Crippen LogP contribution in [-0.4, -0.2) is 47.5 Å². The third-order valence-electron chi connectivity index (χ3n) is 4.77.